The van der Waals surface area contributed by atoms with E-state index in [0.717, 1.165) is 0 Å². The quantitative estimate of drug-likeness (QED) is 0.619. The second-order valence-electron chi connectivity index (χ2n) is 3.33. The summed E-state index contributed by atoms with van der Waals surface area (Å²) in [7, 11) is 0. The standard InChI is InChI=1S/C12H9ClN2O2/c1-8(16)10-7-11(15-12(13)14-10)17-9-5-3-2-4-6-9/h2-7H,1H3. The predicted molar refractivity (Wildman–Crippen MR) is 63.6 cm³/mol. The van der Waals surface area contributed by atoms with E-state index in [2.05, 4.69) is 9.97 Å². The fraction of sp³-hybridized carbons (Fsp3) is 0.0833. The van der Waals surface area contributed by atoms with E-state index in [4.69, 9.17) is 16.3 Å². The summed E-state index contributed by atoms with van der Waals surface area (Å²) in [5.41, 5.74) is 0.232. The van der Waals surface area contributed by atoms with Gasteiger partial charge in [0, 0.05) is 13.0 Å². The fourth-order valence-electron chi connectivity index (χ4n) is 1.24. The molecule has 0 radical (unpaired) electrons. The molecule has 0 N–H and O–H groups in total. The number of aromatic nitrogens is 2. The number of hydrogen-bond acceptors (Lipinski definition) is 4. The zero-order valence-corrected chi connectivity index (χ0v) is 9.81. The monoisotopic (exact) mass is 248 g/mol. The Bertz CT molecular complexity index is 543. The van der Waals surface area contributed by atoms with Crippen LogP contribution in [0.25, 0.3) is 0 Å². The van der Waals surface area contributed by atoms with Gasteiger partial charge in [-0.3, -0.25) is 4.79 Å². The van der Waals surface area contributed by atoms with Gasteiger partial charge in [-0.15, -0.1) is 0 Å². The molecule has 1 aromatic carbocycles. The van der Waals surface area contributed by atoms with Crippen LogP contribution in [0.3, 0.4) is 0 Å². The van der Waals surface area contributed by atoms with Gasteiger partial charge >= 0.3 is 0 Å². The van der Waals surface area contributed by atoms with E-state index < -0.39 is 0 Å². The molecular weight excluding hydrogens is 240 g/mol. The van der Waals surface area contributed by atoms with Crippen LogP contribution in [0.2, 0.25) is 5.28 Å². The highest BCUT2D eigenvalue weighted by molar-refractivity contribution is 6.28. The lowest BCUT2D eigenvalue weighted by molar-refractivity contribution is 0.101. The van der Waals surface area contributed by atoms with Crippen LogP contribution in [0.5, 0.6) is 11.6 Å². The molecule has 0 saturated heterocycles. The Morgan fingerprint density at radius 1 is 1.24 bits per heavy atom. The number of ether oxygens (including phenoxy) is 1. The van der Waals surface area contributed by atoms with E-state index in [1.54, 1.807) is 12.1 Å². The van der Waals surface area contributed by atoms with Crippen LogP contribution in [0.4, 0.5) is 0 Å². The van der Waals surface area contributed by atoms with Crippen molar-refractivity contribution in [3.63, 3.8) is 0 Å². The highest BCUT2D eigenvalue weighted by Crippen LogP contribution is 2.20. The van der Waals surface area contributed by atoms with Crippen molar-refractivity contribution >= 4 is 17.4 Å². The van der Waals surface area contributed by atoms with E-state index >= 15 is 0 Å². The topological polar surface area (TPSA) is 52.1 Å². The summed E-state index contributed by atoms with van der Waals surface area (Å²) in [6.45, 7) is 1.41. The van der Waals surface area contributed by atoms with Crippen LogP contribution in [0.15, 0.2) is 36.4 Å². The van der Waals surface area contributed by atoms with Crippen LogP contribution in [0, 0.1) is 0 Å². The van der Waals surface area contributed by atoms with E-state index in [1.165, 1.54) is 13.0 Å². The number of carbonyl (C=O) groups is 1. The predicted octanol–water partition coefficient (Wildman–Crippen LogP) is 3.12. The Kier molecular flexibility index (Phi) is 3.35. The molecule has 0 amide bonds. The fourth-order valence-corrected chi connectivity index (χ4v) is 1.41. The molecule has 2 aromatic rings. The molecule has 0 saturated carbocycles. The van der Waals surface area contributed by atoms with Crippen LogP contribution in [0.1, 0.15) is 17.4 Å². The Morgan fingerprint density at radius 3 is 2.59 bits per heavy atom. The molecule has 0 unspecified atom stereocenters. The molecule has 0 fully saturated rings. The second-order valence-corrected chi connectivity index (χ2v) is 3.67. The van der Waals surface area contributed by atoms with Crippen molar-refractivity contribution in [2.75, 3.05) is 0 Å². The first-order valence-electron chi connectivity index (χ1n) is 4.93. The van der Waals surface area contributed by atoms with Crippen molar-refractivity contribution in [2.45, 2.75) is 6.92 Å². The number of rotatable bonds is 3. The zero-order valence-electron chi connectivity index (χ0n) is 9.05. The number of carbonyl (C=O) groups excluding carboxylic acids is 1. The third-order valence-corrected chi connectivity index (χ3v) is 2.17. The summed E-state index contributed by atoms with van der Waals surface area (Å²) in [5.74, 6) is 0.686. The van der Waals surface area contributed by atoms with E-state index in [-0.39, 0.29) is 22.6 Å². The average Bonchev–Trinajstić information content (AvgIpc) is 2.29. The van der Waals surface area contributed by atoms with Gasteiger partial charge in [0.2, 0.25) is 11.2 Å². The van der Waals surface area contributed by atoms with Crippen LogP contribution in [-0.4, -0.2) is 15.8 Å². The molecule has 0 aliphatic rings. The molecule has 5 heteroatoms. The van der Waals surface area contributed by atoms with Crippen molar-refractivity contribution in [2.24, 2.45) is 0 Å². The maximum absolute atomic E-state index is 11.2. The summed E-state index contributed by atoms with van der Waals surface area (Å²) in [6, 6.07) is 10.6. The summed E-state index contributed by atoms with van der Waals surface area (Å²) in [6.07, 6.45) is 0. The molecule has 86 valence electrons. The minimum Gasteiger partial charge on any atom is -0.439 e. The van der Waals surface area contributed by atoms with Gasteiger partial charge in [-0.25, -0.2) is 4.98 Å². The lowest BCUT2D eigenvalue weighted by atomic mass is 10.3. The molecule has 0 atom stereocenters. The Labute approximate surface area is 103 Å². The van der Waals surface area contributed by atoms with Crippen molar-refractivity contribution in [3.05, 3.63) is 47.4 Å². The van der Waals surface area contributed by atoms with Crippen molar-refractivity contribution in [1.82, 2.24) is 9.97 Å². The first-order valence-corrected chi connectivity index (χ1v) is 5.31. The van der Waals surface area contributed by atoms with Crippen molar-refractivity contribution < 1.29 is 9.53 Å². The number of para-hydroxylation sites is 1. The first kappa shape index (κ1) is 11.5. The smallest absolute Gasteiger partial charge is 0.226 e. The number of Topliss-reactive ketones (excluding diaryl/α,β-unsaturated/α-hetero) is 1. The van der Waals surface area contributed by atoms with Gasteiger partial charge in [0.1, 0.15) is 11.4 Å². The molecular formula is C12H9ClN2O2. The van der Waals surface area contributed by atoms with Crippen LogP contribution >= 0.6 is 11.6 Å². The van der Waals surface area contributed by atoms with Gasteiger partial charge in [-0.05, 0) is 23.7 Å². The van der Waals surface area contributed by atoms with E-state index in [0.29, 0.717) is 5.75 Å². The van der Waals surface area contributed by atoms with Gasteiger partial charge in [-0.2, -0.15) is 4.98 Å². The SMILES string of the molecule is CC(=O)c1cc(Oc2ccccc2)nc(Cl)n1. The lowest BCUT2D eigenvalue weighted by Crippen LogP contribution is -2.00. The number of ketones is 1. The van der Waals surface area contributed by atoms with Gasteiger partial charge in [-0.1, -0.05) is 18.2 Å². The highest BCUT2D eigenvalue weighted by atomic mass is 35.5. The van der Waals surface area contributed by atoms with E-state index in [9.17, 15) is 4.79 Å². The Hall–Kier alpha value is -1.94. The number of nitrogens with zero attached hydrogens (tertiary/aromatic N) is 2. The minimum atomic E-state index is -0.188. The van der Waals surface area contributed by atoms with Gasteiger partial charge in [0.15, 0.2) is 5.78 Å². The third kappa shape index (κ3) is 3.01. The van der Waals surface area contributed by atoms with Crippen molar-refractivity contribution in [1.29, 1.82) is 0 Å². The maximum Gasteiger partial charge on any atom is 0.226 e. The number of hydrogen-bond donors (Lipinski definition) is 0. The van der Waals surface area contributed by atoms with E-state index in [1.807, 2.05) is 18.2 Å². The molecule has 17 heavy (non-hydrogen) atoms. The summed E-state index contributed by atoms with van der Waals surface area (Å²) < 4.78 is 5.46. The van der Waals surface area contributed by atoms with Gasteiger partial charge in [0.05, 0.1) is 0 Å². The molecule has 0 aliphatic carbocycles. The average molecular weight is 249 g/mol. The molecule has 0 aliphatic heterocycles. The molecule has 1 aromatic heterocycles. The molecule has 0 bridgehead atoms. The zero-order chi connectivity index (χ0) is 12.3. The molecule has 0 spiro atoms. The van der Waals surface area contributed by atoms with Crippen LogP contribution in [-0.2, 0) is 0 Å². The largest absolute Gasteiger partial charge is 0.439 e. The first-order chi connectivity index (χ1) is 8.15. The lowest BCUT2D eigenvalue weighted by Gasteiger charge is -2.05. The molecule has 2 rings (SSSR count). The van der Waals surface area contributed by atoms with Crippen LogP contribution < -0.4 is 4.74 Å². The molecule has 1 heterocycles. The number of halogens is 1. The number of benzene rings is 1. The maximum atomic E-state index is 11.2. The van der Waals surface area contributed by atoms with Gasteiger partial charge < -0.3 is 4.74 Å². The Balaban J connectivity index is 2.30. The summed E-state index contributed by atoms with van der Waals surface area (Å²) >= 11 is 5.71. The highest BCUT2D eigenvalue weighted by Gasteiger charge is 2.08. The second kappa shape index (κ2) is 4.93. The molecule has 4 nitrogen and oxygen atoms in total. The van der Waals surface area contributed by atoms with Crippen molar-refractivity contribution in [3.8, 4) is 11.6 Å². The van der Waals surface area contributed by atoms with Gasteiger partial charge in [0.25, 0.3) is 0 Å². The third-order valence-electron chi connectivity index (χ3n) is 2.00. The minimum absolute atomic E-state index is 0.0105. The normalized spacial score (nSPS) is 10.0. The Morgan fingerprint density at radius 2 is 1.94 bits per heavy atom. The summed E-state index contributed by atoms with van der Waals surface area (Å²) in [5, 5.41) is -0.0105. The summed E-state index contributed by atoms with van der Waals surface area (Å²) in [4.78, 5) is 18.9.